The Bertz CT molecular complexity index is 453. The molecule has 24 heavy (non-hydrogen) atoms. The number of rotatable bonds is 7. The van der Waals surface area contributed by atoms with E-state index in [1.54, 1.807) is 0 Å². The zero-order chi connectivity index (χ0) is 18.3. The number of likely N-dealkylation sites (N-methyl/N-ethyl adjacent to an activating group) is 1. The van der Waals surface area contributed by atoms with Crippen LogP contribution < -0.4 is 0 Å². The Morgan fingerprint density at radius 3 is 2.00 bits per heavy atom. The molecule has 0 unspecified atom stereocenters. The van der Waals surface area contributed by atoms with Gasteiger partial charge in [-0.2, -0.15) is 0 Å². The van der Waals surface area contributed by atoms with Crippen molar-refractivity contribution in [1.82, 2.24) is 4.90 Å². The highest BCUT2D eigenvalue weighted by molar-refractivity contribution is 5.68. The molecule has 1 aliphatic rings. The van der Waals surface area contributed by atoms with Gasteiger partial charge in [0.1, 0.15) is 0 Å². The lowest BCUT2D eigenvalue weighted by atomic mass is 10.0. The third-order valence-corrected chi connectivity index (χ3v) is 3.13. The average molecular weight is 347 g/mol. The van der Waals surface area contributed by atoms with Crippen LogP contribution in [0.3, 0.4) is 0 Å². The van der Waals surface area contributed by atoms with Gasteiger partial charge < -0.3 is 28.6 Å². The third-order valence-electron chi connectivity index (χ3n) is 3.13. The van der Waals surface area contributed by atoms with Crippen LogP contribution in [0.25, 0.3) is 0 Å². The van der Waals surface area contributed by atoms with Gasteiger partial charge in [-0.1, -0.05) is 0 Å². The largest absolute Gasteiger partial charge is 0.456 e. The highest BCUT2D eigenvalue weighted by Crippen LogP contribution is 2.25. The Balaban J connectivity index is 2.90. The van der Waals surface area contributed by atoms with E-state index in [9.17, 15) is 14.4 Å². The maximum atomic E-state index is 11.4. The molecule has 0 radical (unpaired) electrons. The summed E-state index contributed by atoms with van der Waals surface area (Å²) >= 11 is 0. The minimum absolute atomic E-state index is 0.0398. The molecule has 9 nitrogen and oxygen atoms in total. The van der Waals surface area contributed by atoms with Crippen molar-refractivity contribution < 1.29 is 38.1 Å². The van der Waals surface area contributed by atoms with Crippen molar-refractivity contribution in [1.29, 1.82) is 0 Å². The van der Waals surface area contributed by atoms with Gasteiger partial charge in [0.05, 0.1) is 13.2 Å². The quantitative estimate of drug-likeness (QED) is 0.454. The van der Waals surface area contributed by atoms with Crippen molar-refractivity contribution in [3.05, 3.63) is 0 Å². The molecular formula is C15H25NO8. The first-order valence-electron chi connectivity index (χ1n) is 7.60. The van der Waals surface area contributed by atoms with Gasteiger partial charge in [-0.25, -0.2) is 0 Å². The number of esters is 3. The Hall–Kier alpha value is -1.71. The monoisotopic (exact) mass is 347 g/mol. The van der Waals surface area contributed by atoms with Crippen molar-refractivity contribution in [3.63, 3.8) is 0 Å². The molecule has 0 N–H and O–H groups in total. The first-order chi connectivity index (χ1) is 11.2. The van der Waals surface area contributed by atoms with E-state index in [1.165, 1.54) is 20.8 Å². The predicted molar refractivity (Wildman–Crippen MR) is 80.9 cm³/mol. The number of carbonyl (C=O) groups excluding carboxylic acids is 3. The van der Waals surface area contributed by atoms with Crippen molar-refractivity contribution in [3.8, 4) is 0 Å². The zero-order valence-electron chi connectivity index (χ0n) is 14.6. The van der Waals surface area contributed by atoms with Crippen LogP contribution in [-0.2, 0) is 38.1 Å². The second-order valence-electron chi connectivity index (χ2n) is 5.67. The van der Waals surface area contributed by atoms with Crippen LogP contribution in [0, 0.1) is 0 Å². The van der Waals surface area contributed by atoms with Gasteiger partial charge in [-0.3, -0.25) is 14.4 Å². The van der Waals surface area contributed by atoms with Crippen LogP contribution in [0.2, 0.25) is 0 Å². The summed E-state index contributed by atoms with van der Waals surface area (Å²) in [6.07, 6.45) is -3.85. The summed E-state index contributed by atoms with van der Waals surface area (Å²) in [5.74, 6) is -1.75. The molecule has 0 amide bonds. The molecule has 4 atom stereocenters. The molecule has 0 aromatic rings. The smallest absolute Gasteiger partial charge is 0.303 e. The van der Waals surface area contributed by atoms with Crippen molar-refractivity contribution >= 4 is 17.9 Å². The minimum Gasteiger partial charge on any atom is -0.456 e. The van der Waals surface area contributed by atoms with Gasteiger partial charge in [-0.15, -0.1) is 0 Å². The Labute approximate surface area is 141 Å². The summed E-state index contributed by atoms with van der Waals surface area (Å²) in [7, 11) is 3.76. The van der Waals surface area contributed by atoms with E-state index >= 15 is 0 Å². The van der Waals surface area contributed by atoms with Crippen LogP contribution in [0.15, 0.2) is 0 Å². The molecule has 0 aromatic heterocycles. The van der Waals surface area contributed by atoms with Gasteiger partial charge in [0.2, 0.25) is 0 Å². The fraction of sp³-hybridized carbons (Fsp3) is 0.800. The van der Waals surface area contributed by atoms with Gasteiger partial charge >= 0.3 is 17.9 Å². The predicted octanol–water partition coefficient (Wildman–Crippen LogP) is -0.284. The molecular weight excluding hydrogens is 322 g/mol. The first-order valence-corrected chi connectivity index (χ1v) is 7.60. The van der Waals surface area contributed by atoms with E-state index in [0.717, 1.165) is 0 Å². The molecule has 1 saturated heterocycles. The summed E-state index contributed by atoms with van der Waals surface area (Å²) < 4.78 is 26.7. The molecule has 0 aromatic carbocycles. The fourth-order valence-corrected chi connectivity index (χ4v) is 2.20. The fourth-order valence-electron chi connectivity index (χ4n) is 2.20. The Kier molecular flexibility index (Phi) is 8.09. The highest BCUT2D eigenvalue weighted by Gasteiger charge is 2.47. The highest BCUT2D eigenvalue weighted by atomic mass is 16.7. The van der Waals surface area contributed by atoms with Gasteiger partial charge in [0.15, 0.2) is 24.6 Å². The van der Waals surface area contributed by atoms with Gasteiger partial charge in [-0.05, 0) is 14.1 Å². The average Bonchev–Trinajstić information content (AvgIpc) is 2.42. The van der Waals surface area contributed by atoms with Crippen molar-refractivity contribution in [2.75, 3.05) is 33.9 Å². The molecule has 1 aliphatic heterocycles. The zero-order valence-corrected chi connectivity index (χ0v) is 14.6. The minimum atomic E-state index is -1.04. The van der Waals surface area contributed by atoms with Crippen LogP contribution in [-0.4, -0.2) is 81.3 Å². The lowest BCUT2D eigenvalue weighted by Crippen LogP contribution is -2.58. The number of nitrogens with zero attached hydrogens (tertiary/aromatic N) is 1. The van der Waals surface area contributed by atoms with E-state index in [1.807, 2.05) is 19.0 Å². The molecule has 1 heterocycles. The molecule has 0 saturated carbocycles. The summed E-state index contributed by atoms with van der Waals surface area (Å²) in [5.41, 5.74) is 0. The van der Waals surface area contributed by atoms with Crippen LogP contribution in [0.1, 0.15) is 20.8 Å². The standard InChI is InChI=1S/C15H25NO8/c1-9(17)22-12-8-21-15(20-7-6-16(4)5)14(24-11(3)19)13(12)23-10(2)18/h12-15H,6-8H2,1-5H3/t12-,13+,14-,15-/m1/s1. The Morgan fingerprint density at radius 1 is 0.958 bits per heavy atom. The molecule has 1 fully saturated rings. The van der Waals surface area contributed by atoms with Gasteiger partial charge in [0, 0.05) is 27.3 Å². The molecule has 0 spiro atoms. The lowest BCUT2D eigenvalue weighted by molar-refractivity contribution is -0.281. The van der Waals surface area contributed by atoms with Gasteiger partial charge in [0.25, 0.3) is 0 Å². The number of hydrogen-bond donors (Lipinski definition) is 0. The molecule has 1 rings (SSSR count). The summed E-state index contributed by atoms with van der Waals surface area (Å²) in [5, 5.41) is 0. The van der Waals surface area contributed by atoms with Crippen LogP contribution >= 0.6 is 0 Å². The maximum absolute atomic E-state index is 11.4. The number of hydrogen-bond acceptors (Lipinski definition) is 9. The summed E-state index contributed by atoms with van der Waals surface area (Å²) in [6, 6.07) is 0. The maximum Gasteiger partial charge on any atom is 0.303 e. The van der Waals surface area contributed by atoms with E-state index in [-0.39, 0.29) is 6.61 Å². The van der Waals surface area contributed by atoms with E-state index in [2.05, 4.69) is 0 Å². The van der Waals surface area contributed by atoms with E-state index in [4.69, 9.17) is 23.7 Å². The second kappa shape index (κ2) is 9.55. The second-order valence-corrected chi connectivity index (χ2v) is 5.67. The topological polar surface area (TPSA) is 101 Å². The molecule has 0 aliphatic carbocycles. The van der Waals surface area contributed by atoms with E-state index in [0.29, 0.717) is 13.2 Å². The number of carbonyl (C=O) groups is 3. The Morgan fingerprint density at radius 2 is 1.50 bits per heavy atom. The van der Waals surface area contributed by atoms with Crippen LogP contribution in [0.5, 0.6) is 0 Å². The lowest BCUT2D eigenvalue weighted by Gasteiger charge is -2.40. The van der Waals surface area contributed by atoms with Crippen molar-refractivity contribution in [2.24, 2.45) is 0 Å². The first kappa shape index (κ1) is 20.3. The molecule has 9 heteroatoms. The third kappa shape index (κ3) is 6.81. The summed E-state index contributed by atoms with van der Waals surface area (Å²) in [6.45, 7) is 4.57. The number of ether oxygens (including phenoxy) is 5. The normalized spacial score (nSPS) is 26.8. The van der Waals surface area contributed by atoms with Crippen molar-refractivity contribution in [2.45, 2.75) is 45.4 Å². The van der Waals surface area contributed by atoms with E-state index < -0.39 is 42.5 Å². The molecule has 0 bridgehead atoms. The molecule has 138 valence electrons. The summed E-state index contributed by atoms with van der Waals surface area (Å²) in [4.78, 5) is 36.0. The van der Waals surface area contributed by atoms with Crippen LogP contribution in [0.4, 0.5) is 0 Å². The SMILES string of the molecule is CC(=O)O[C@@H]1[C@@H](OC(C)=O)[C@H](OCCN(C)C)OC[C@H]1OC(C)=O.